The molecule has 1 saturated heterocycles. The summed E-state index contributed by atoms with van der Waals surface area (Å²) >= 11 is 0. The SMILES string of the molecule is Cc1c[nH]c2ccc(CNC(=O)Cn3c(C)cnc(NCC4CCCN4CC4CC4)c3=O)cc12. The molecular formula is C26H34N6O2. The molecule has 0 spiro atoms. The minimum absolute atomic E-state index is 0.0233. The van der Waals surface area contributed by atoms with E-state index >= 15 is 0 Å². The summed E-state index contributed by atoms with van der Waals surface area (Å²) in [5.41, 5.74) is 3.71. The lowest BCUT2D eigenvalue weighted by atomic mass is 10.1. The number of fused-ring (bicyclic) bond motifs is 1. The third kappa shape index (κ3) is 5.01. The van der Waals surface area contributed by atoms with Gasteiger partial charge in [0.2, 0.25) is 5.91 Å². The molecule has 180 valence electrons. The second kappa shape index (κ2) is 9.62. The Bertz CT molecular complexity index is 1240. The predicted octanol–water partition coefficient (Wildman–Crippen LogP) is 2.94. The van der Waals surface area contributed by atoms with Gasteiger partial charge in [0, 0.05) is 54.7 Å². The van der Waals surface area contributed by atoms with Crippen LogP contribution in [-0.2, 0) is 17.9 Å². The third-order valence-corrected chi connectivity index (χ3v) is 7.19. The standard InChI is InChI=1S/C26H34N6O2/c1-17-11-27-23-8-7-20(10-22(17)23)13-28-24(33)16-32-18(2)12-29-25(26(32)34)30-14-21-4-3-9-31(21)15-19-5-6-19/h7-8,10-12,19,21,27H,3-6,9,13-16H2,1-2H3,(H,28,33)(H,29,30). The van der Waals surface area contributed by atoms with E-state index in [4.69, 9.17) is 0 Å². The van der Waals surface area contributed by atoms with Gasteiger partial charge in [0.25, 0.3) is 5.56 Å². The Morgan fingerprint density at radius 3 is 2.91 bits per heavy atom. The van der Waals surface area contributed by atoms with Gasteiger partial charge >= 0.3 is 0 Å². The highest BCUT2D eigenvalue weighted by molar-refractivity contribution is 5.83. The van der Waals surface area contributed by atoms with Crippen molar-refractivity contribution >= 4 is 22.6 Å². The summed E-state index contributed by atoms with van der Waals surface area (Å²) < 4.78 is 1.50. The number of H-pyrrole nitrogens is 1. The van der Waals surface area contributed by atoms with Crippen LogP contribution in [0.3, 0.4) is 0 Å². The van der Waals surface area contributed by atoms with Crippen LogP contribution in [0.4, 0.5) is 5.82 Å². The maximum absolute atomic E-state index is 13.1. The van der Waals surface area contributed by atoms with E-state index in [0.29, 0.717) is 30.6 Å². The number of hydrogen-bond acceptors (Lipinski definition) is 5. The highest BCUT2D eigenvalue weighted by Crippen LogP contribution is 2.32. The van der Waals surface area contributed by atoms with Gasteiger partial charge < -0.3 is 15.6 Å². The molecule has 3 heterocycles. The van der Waals surface area contributed by atoms with Gasteiger partial charge in [0.05, 0.1) is 0 Å². The fraction of sp³-hybridized carbons (Fsp3) is 0.500. The number of hydrogen-bond donors (Lipinski definition) is 3. The number of rotatable bonds is 9. The zero-order valence-corrected chi connectivity index (χ0v) is 20.1. The first-order chi connectivity index (χ1) is 16.5. The second-order valence-corrected chi connectivity index (χ2v) is 9.88. The van der Waals surface area contributed by atoms with Gasteiger partial charge in [0.1, 0.15) is 6.54 Å². The molecule has 1 unspecified atom stereocenters. The Kier molecular flexibility index (Phi) is 6.41. The zero-order valence-electron chi connectivity index (χ0n) is 20.1. The Hall–Kier alpha value is -3.13. The van der Waals surface area contributed by atoms with Crippen LogP contribution in [0.15, 0.2) is 35.4 Å². The molecule has 0 bridgehead atoms. The van der Waals surface area contributed by atoms with Crippen molar-refractivity contribution in [2.24, 2.45) is 5.92 Å². The number of anilines is 1. The number of nitrogens with one attached hydrogen (secondary N) is 3. The average molecular weight is 463 g/mol. The molecule has 3 aromatic rings. The molecular weight excluding hydrogens is 428 g/mol. The van der Waals surface area contributed by atoms with Crippen molar-refractivity contribution < 1.29 is 4.79 Å². The van der Waals surface area contributed by atoms with Crippen LogP contribution in [-0.4, -0.2) is 51.0 Å². The van der Waals surface area contributed by atoms with Crippen molar-refractivity contribution in [3.8, 4) is 0 Å². The van der Waals surface area contributed by atoms with Crippen molar-refractivity contribution in [1.82, 2.24) is 24.8 Å². The van der Waals surface area contributed by atoms with E-state index in [2.05, 4.69) is 38.5 Å². The second-order valence-electron chi connectivity index (χ2n) is 9.88. The number of aromatic amines is 1. The maximum atomic E-state index is 13.1. The van der Waals surface area contributed by atoms with Crippen molar-refractivity contribution in [3.63, 3.8) is 0 Å². The largest absolute Gasteiger partial charge is 0.364 e. The van der Waals surface area contributed by atoms with Crippen LogP contribution >= 0.6 is 0 Å². The zero-order chi connectivity index (χ0) is 23.7. The monoisotopic (exact) mass is 462 g/mol. The average Bonchev–Trinajstić information content (AvgIpc) is 3.42. The maximum Gasteiger partial charge on any atom is 0.293 e. The number of benzene rings is 1. The molecule has 2 aliphatic rings. The quantitative estimate of drug-likeness (QED) is 0.455. The molecule has 1 saturated carbocycles. The lowest BCUT2D eigenvalue weighted by molar-refractivity contribution is -0.121. The molecule has 2 fully saturated rings. The van der Waals surface area contributed by atoms with Crippen LogP contribution in [0.25, 0.3) is 10.9 Å². The number of carbonyl (C=O) groups excluding carboxylic acids is 1. The molecule has 5 rings (SSSR count). The first-order valence-corrected chi connectivity index (χ1v) is 12.4. The number of aryl methyl sites for hydroxylation is 2. The summed E-state index contributed by atoms with van der Waals surface area (Å²) in [6, 6.07) is 6.55. The molecule has 8 heteroatoms. The number of carbonyl (C=O) groups is 1. The first kappa shape index (κ1) is 22.7. The van der Waals surface area contributed by atoms with Gasteiger partial charge in [-0.05, 0) is 75.3 Å². The van der Waals surface area contributed by atoms with Crippen LogP contribution in [0.1, 0.15) is 42.5 Å². The van der Waals surface area contributed by atoms with E-state index in [1.807, 2.05) is 25.3 Å². The summed E-state index contributed by atoms with van der Waals surface area (Å²) in [5, 5.41) is 7.38. The van der Waals surface area contributed by atoms with E-state index in [-0.39, 0.29) is 18.0 Å². The molecule has 1 aliphatic carbocycles. The van der Waals surface area contributed by atoms with Crippen LogP contribution in [0.5, 0.6) is 0 Å². The van der Waals surface area contributed by atoms with E-state index in [1.54, 1.807) is 6.20 Å². The first-order valence-electron chi connectivity index (χ1n) is 12.4. The number of amides is 1. The molecule has 0 radical (unpaired) electrons. The lowest BCUT2D eigenvalue weighted by Crippen LogP contribution is -2.38. The predicted molar refractivity (Wildman–Crippen MR) is 134 cm³/mol. The van der Waals surface area contributed by atoms with Crippen molar-refractivity contribution in [3.05, 3.63) is 57.8 Å². The molecule has 34 heavy (non-hydrogen) atoms. The summed E-state index contributed by atoms with van der Waals surface area (Å²) in [6.07, 6.45) is 8.70. The molecule has 1 atom stereocenters. The van der Waals surface area contributed by atoms with Crippen LogP contribution < -0.4 is 16.2 Å². The van der Waals surface area contributed by atoms with E-state index in [1.165, 1.54) is 35.9 Å². The highest BCUT2D eigenvalue weighted by Gasteiger charge is 2.31. The number of nitrogens with zero attached hydrogens (tertiary/aromatic N) is 3. The number of likely N-dealkylation sites (tertiary alicyclic amines) is 1. The Morgan fingerprint density at radius 2 is 2.09 bits per heavy atom. The van der Waals surface area contributed by atoms with Crippen molar-refractivity contribution in [2.45, 2.75) is 58.7 Å². The van der Waals surface area contributed by atoms with E-state index in [9.17, 15) is 9.59 Å². The van der Waals surface area contributed by atoms with Crippen LogP contribution in [0, 0.1) is 19.8 Å². The Balaban J connectivity index is 1.19. The van der Waals surface area contributed by atoms with Gasteiger partial charge in [-0.2, -0.15) is 0 Å². The molecule has 3 N–H and O–H groups in total. The van der Waals surface area contributed by atoms with Crippen LogP contribution in [0.2, 0.25) is 0 Å². The Labute approximate surface area is 199 Å². The third-order valence-electron chi connectivity index (χ3n) is 7.19. The van der Waals surface area contributed by atoms with E-state index < -0.39 is 0 Å². The minimum Gasteiger partial charge on any atom is -0.364 e. The number of aromatic nitrogens is 3. The Morgan fingerprint density at radius 1 is 1.24 bits per heavy atom. The summed E-state index contributed by atoms with van der Waals surface area (Å²) in [5.74, 6) is 0.993. The summed E-state index contributed by atoms with van der Waals surface area (Å²) in [6.45, 7) is 7.29. The van der Waals surface area contributed by atoms with Gasteiger partial charge in [-0.3, -0.25) is 19.1 Å². The fourth-order valence-electron chi connectivity index (χ4n) is 4.92. The molecule has 1 amide bonds. The van der Waals surface area contributed by atoms with Gasteiger partial charge in [-0.15, -0.1) is 0 Å². The molecule has 1 aromatic carbocycles. The normalized spacial score (nSPS) is 18.5. The van der Waals surface area contributed by atoms with Crippen molar-refractivity contribution in [2.75, 3.05) is 25.0 Å². The molecule has 8 nitrogen and oxygen atoms in total. The van der Waals surface area contributed by atoms with Gasteiger partial charge in [0.15, 0.2) is 5.82 Å². The van der Waals surface area contributed by atoms with Gasteiger partial charge in [-0.25, -0.2) is 4.98 Å². The fourth-order valence-corrected chi connectivity index (χ4v) is 4.92. The summed E-state index contributed by atoms with van der Waals surface area (Å²) in [7, 11) is 0. The lowest BCUT2D eigenvalue weighted by Gasteiger charge is -2.24. The van der Waals surface area contributed by atoms with Crippen molar-refractivity contribution in [1.29, 1.82) is 0 Å². The highest BCUT2D eigenvalue weighted by atomic mass is 16.2. The molecule has 2 aromatic heterocycles. The van der Waals surface area contributed by atoms with Gasteiger partial charge in [-0.1, -0.05) is 6.07 Å². The minimum atomic E-state index is -0.244. The van der Waals surface area contributed by atoms with E-state index in [0.717, 1.165) is 35.3 Å². The topological polar surface area (TPSA) is 95.0 Å². The smallest absolute Gasteiger partial charge is 0.293 e. The molecule has 1 aliphatic heterocycles. The summed E-state index contributed by atoms with van der Waals surface area (Å²) in [4.78, 5) is 35.9.